The molecule has 0 spiro atoms. The summed E-state index contributed by atoms with van der Waals surface area (Å²) in [5.74, 6) is -3.64. The molecule has 1 unspecified atom stereocenters. The summed E-state index contributed by atoms with van der Waals surface area (Å²) in [6.07, 6.45) is -4.28. The van der Waals surface area contributed by atoms with Gasteiger partial charge in [0.2, 0.25) is 11.7 Å². The average Bonchev–Trinajstić information content (AvgIpc) is 3.04. The van der Waals surface area contributed by atoms with E-state index < -0.39 is 35.5 Å². The van der Waals surface area contributed by atoms with Gasteiger partial charge in [-0.05, 0) is 24.6 Å². The number of carbonyl (C=O) groups excluding carboxylic acids is 1. The van der Waals surface area contributed by atoms with E-state index in [9.17, 15) is 22.4 Å². The molecule has 0 radical (unpaired) electrons. The maximum Gasteiger partial charge on any atom is 0.471 e. The highest BCUT2D eigenvalue weighted by molar-refractivity contribution is 5.93. The molecule has 10 heteroatoms. The number of alkyl halides is 3. The van der Waals surface area contributed by atoms with Crippen LogP contribution in [0.1, 0.15) is 19.2 Å². The molecule has 1 N–H and O–H groups in total. The lowest BCUT2D eigenvalue weighted by Crippen LogP contribution is -2.26. The molecule has 1 heterocycles. The molecule has 1 amide bonds. The number of nitrogens with one attached hydrogen (secondary N) is 1. The number of methoxy groups -OCH3 is 1. The van der Waals surface area contributed by atoms with E-state index in [0.717, 1.165) is 6.07 Å². The summed E-state index contributed by atoms with van der Waals surface area (Å²) in [4.78, 5) is 15.2. The van der Waals surface area contributed by atoms with Gasteiger partial charge >= 0.3 is 12.1 Å². The van der Waals surface area contributed by atoms with Crippen molar-refractivity contribution in [3.63, 3.8) is 0 Å². The van der Waals surface area contributed by atoms with Gasteiger partial charge in [-0.2, -0.15) is 18.2 Å². The largest absolute Gasteiger partial charge is 0.471 e. The van der Waals surface area contributed by atoms with Gasteiger partial charge in [0.1, 0.15) is 5.82 Å². The van der Waals surface area contributed by atoms with Crippen molar-refractivity contribution in [2.45, 2.75) is 19.5 Å². The third-order valence-electron chi connectivity index (χ3n) is 3.39. The first-order valence-corrected chi connectivity index (χ1v) is 7.26. The van der Waals surface area contributed by atoms with Crippen LogP contribution in [0, 0.1) is 11.7 Å². The molecule has 0 fully saturated rings. The molecule has 2 aromatic rings. The zero-order valence-corrected chi connectivity index (χ0v) is 13.4. The zero-order chi connectivity index (χ0) is 18.6. The molecule has 0 aliphatic carbocycles. The Morgan fingerprint density at radius 3 is 2.64 bits per heavy atom. The fraction of sp³-hybridized carbons (Fsp3) is 0.400. The number of aromatic nitrogens is 2. The van der Waals surface area contributed by atoms with E-state index in [-0.39, 0.29) is 17.9 Å². The molecule has 2 rings (SSSR count). The van der Waals surface area contributed by atoms with Crippen molar-refractivity contribution in [1.82, 2.24) is 10.1 Å². The Morgan fingerprint density at radius 1 is 1.40 bits per heavy atom. The summed E-state index contributed by atoms with van der Waals surface area (Å²) < 4.78 is 60.5. The molecule has 0 bridgehead atoms. The highest BCUT2D eigenvalue weighted by Gasteiger charge is 2.38. The summed E-state index contributed by atoms with van der Waals surface area (Å²) in [7, 11) is 1.45. The number of halogens is 4. The number of amides is 1. The van der Waals surface area contributed by atoms with Crippen LogP contribution in [-0.2, 0) is 15.7 Å². The fourth-order valence-corrected chi connectivity index (χ4v) is 2.03. The zero-order valence-electron chi connectivity index (χ0n) is 13.4. The van der Waals surface area contributed by atoms with Crippen molar-refractivity contribution >= 4 is 11.6 Å². The first-order chi connectivity index (χ1) is 11.8. The van der Waals surface area contributed by atoms with E-state index in [1.54, 1.807) is 6.92 Å². The molecule has 6 nitrogen and oxygen atoms in total. The molecule has 1 atom stereocenters. The third kappa shape index (κ3) is 4.53. The molecule has 0 aliphatic heterocycles. The summed E-state index contributed by atoms with van der Waals surface area (Å²) in [5.41, 5.74) is -0.124. The number of benzene rings is 1. The predicted octanol–water partition coefficient (Wildman–Crippen LogP) is 3.51. The molecule has 0 aliphatic rings. The van der Waals surface area contributed by atoms with Gasteiger partial charge in [-0.15, -0.1) is 0 Å². The first kappa shape index (κ1) is 18.8. The van der Waals surface area contributed by atoms with Crippen molar-refractivity contribution < 1.29 is 31.6 Å². The van der Waals surface area contributed by atoms with Crippen LogP contribution in [0.4, 0.5) is 23.2 Å². The molecule has 25 heavy (non-hydrogen) atoms. The van der Waals surface area contributed by atoms with Gasteiger partial charge in [0.15, 0.2) is 0 Å². The minimum Gasteiger partial charge on any atom is -0.384 e. The first-order valence-electron chi connectivity index (χ1n) is 7.26. The van der Waals surface area contributed by atoms with Gasteiger partial charge in [-0.1, -0.05) is 12.1 Å². The Bertz CT molecular complexity index is 746. The predicted molar refractivity (Wildman–Crippen MR) is 79.0 cm³/mol. The topological polar surface area (TPSA) is 77.2 Å². The van der Waals surface area contributed by atoms with Crippen LogP contribution in [0.25, 0.3) is 11.4 Å². The van der Waals surface area contributed by atoms with E-state index in [2.05, 4.69) is 20.0 Å². The molecule has 1 aromatic heterocycles. The van der Waals surface area contributed by atoms with Crippen LogP contribution in [0.2, 0.25) is 0 Å². The van der Waals surface area contributed by atoms with Gasteiger partial charge in [0, 0.05) is 12.7 Å². The normalized spacial score (nSPS) is 12.9. The Morgan fingerprint density at radius 2 is 2.12 bits per heavy atom. The molecule has 0 saturated heterocycles. The second-order valence-electron chi connectivity index (χ2n) is 5.17. The van der Waals surface area contributed by atoms with Gasteiger partial charge in [0.05, 0.1) is 18.2 Å². The Labute approximate surface area is 140 Å². The minimum absolute atomic E-state index is 0.0151. The van der Waals surface area contributed by atoms with E-state index in [1.165, 1.54) is 19.2 Å². The SMILES string of the molecule is CCC(COC)C(=O)Nc1ccc(-c2noc(C(F)(F)F)n2)cc1F. The summed E-state index contributed by atoms with van der Waals surface area (Å²) >= 11 is 0. The minimum atomic E-state index is -4.78. The quantitative estimate of drug-likeness (QED) is 0.797. The number of hydrogen-bond donors (Lipinski definition) is 1. The number of carbonyl (C=O) groups is 1. The summed E-state index contributed by atoms with van der Waals surface area (Å²) in [6.45, 7) is 1.97. The Hall–Kier alpha value is -2.49. The van der Waals surface area contributed by atoms with Crippen LogP contribution >= 0.6 is 0 Å². The average molecular weight is 361 g/mol. The molecule has 1 aromatic carbocycles. The number of anilines is 1. The maximum absolute atomic E-state index is 14.1. The summed E-state index contributed by atoms with van der Waals surface area (Å²) in [5, 5.41) is 5.59. The smallest absolute Gasteiger partial charge is 0.384 e. The van der Waals surface area contributed by atoms with Crippen molar-refractivity contribution in [1.29, 1.82) is 0 Å². The lowest BCUT2D eigenvalue weighted by molar-refractivity contribution is -0.159. The number of nitrogens with zero attached hydrogens (tertiary/aromatic N) is 2. The highest BCUT2D eigenvalue weighted by Crippen LogP contribution is 2.30. The van der Waals surface area contributed by atoms with Crippen LogP contribution in [0.3, 0.4) is 0 Å². The molecular weight excluding hydrogens is 346 g/mol. The van der Waals surface area contributed by atoms with Crippen LogP contribution in [0.15, 0.2) is 22.7 Å². The molecule has 136 valence electrons. The van der Waals surface area contributed by atoms with Crippen LogP contribution in [-0.4, -0.2) is 29.8 Å². The third-order valence-corrected chi connectivity index (χ3v) is 3.39. The highest BCUT2D eigenvalue weighted by atomic mass is 19.4. The number of rotatable bonds is 6. The summed E-state index contributed by atoms with van der Waals surface area (Å²) in [6, 6.07) is 3.41. The lowest BCUT2D eigenvalue weighted by atomic mass is 10.1. The van der Waals surface area contributed by atoms with Gasteiger partial charge in [0.25, 0.3) is 0 Å². The van der Waals surface area contributed by atoms with Crippen molar-refractivity contribution in [3.05, 3.63) is 29.9 Å². The second-order valence-corrected chi connectivity index (χ2v) is 5.17. The van der Waals surface area contributed by atoms with Crippen LogP contribution < -0.4 is 5.32 Å². The second kappa shape index (κ2) is 7.60. The van der Waals surface area contributed by atoms with E-state index in [4.69, 9.17) is 4.74 Å². The van der Waals surface area contributed by atoms with Crippen molar-refractivity contribution in [2.75, 3.05) is 19.0 Å². The van der Waals surface area contributed by atoms with Gasteiger partial charge < -0.3 is 14.6 Å². The van der Waals surface area contributed by atoms with E-state index >= 15 is 0 Å². The van der Waals surface area contributed by atoms with Crippen LogP contribution in [0.5, 0.6) is 0 Å². The van der Waals surface area contributed by atoms with Gasteiger partial charge in [-0.3, -0.25) is 4.79 Å². The lowest BCUT2D eigenvalue weighted by Gasteiger charge is -2.14. The van der Waals surface area contributed by atoms with Gasteiger partial charge in [-0.25, -0.2) is 4.39 Å². The standard InChI is InChI=1S/C15H15F4N3O3/c1-3-8(7-24-2)13(23)20-11-5-4-9(6-10(11)16)12-21-14(25-22-12)15(17,18)19/h4-6,8H,3,7H2,1-2H3,(H,20,23). The number of hydrogen-bond acceptors (Lipinski definition) is 5. The number of ether oxygens (including phenoxy) is 1. The van der Waals surface area contributed by atoms with E-state index in [0.29, 0.717) is 6.42 Å². The van der Waals surface area contributed by atoms with E-state index in [1.807, 2.05) is 0 Å². The van der Waals surface area contributed by atoms with Crippen molar-refractivity contribution in [2.24, 2.45) is 5.92 Å². The Balaban J connectivity index is 2.18. The molecular formula is C15H15F4N3O3. The Kier molecular flexibility index (Phi) is 5.73. The monoisotopic (exact) mass is 361 g/mol. The maximum atomic E-state index is 14.1. The van der Waals surface area contributed by atoms with Crippen molar-refractivity contribution in [3.8, 4) is 11.4 Å². The fourth-order valence-electron chi connectivity index (χ4n) is 2.03. The molecule has 0 saturated carbocycles.